The molecular formula is C23H28ClFN2O4S. The first-order valence-corrected chi connectivity index (χ1v) is 11.5. The van der Waals surface area contributed by atoms with E-state index in [1.807, 2.05) is 20.8 Å². The van der Waals surface area contributed by atoms with Crippen molar-refractivity contribution in [3.8, 4) is 11.5 Å². The largest absolute Gasteiger partial charge is 0.455 e. The average Bonchev–Trinajstić information content (AvgIpc) is 2.69. The smallest absolute Gasteiger partial charge is 0.259 e. The Morgan fingerprint density at radius 1 is 1.06 bits per heavy atom. The standard InChI is InChI=1S/C23H22ClFN2O4S.3H2/c1-23(2,3)14-7-9-18(21(11-14)31-20-10-8-15(25)12-19(20)24)22(28)27-16-5-4-6-17(13-16)32(26,29)30;;;/h4-13H,1-3H3,(H,27,28)(H2,26,29,30);3*1H. The normalized spacial score (nSPS) is 11.8. The Morgan fingerprint density at radius 3 is 2.41 bits per heavy atom. The number of halogens is 2. The summed E-state index contributed by atoms with van der Waals surface area (Å²) in [5, 5.41) is 7.86. The Balaban J connectivity index is 0.00000385. The maximum Gasteiger partial charge on any atom is 0.259 e. The Bertz CT molecular complexity index is 1300. The Morgan fingerprint density at radius 2 is 1.78 bits per heavy atom. The number of nitrogens with one attached hydrogen (secondary N) is 1. The molecule has 0 bridgehead atoms. The van der Waals surface area contributed by atoms with Gasteiger partial charge in [-0.2, -0.15) is 0 Å². The first-order valence-electron chi connectivity index (χ1n) is 9.56. The molecular weight excluding hydrogens is 455 g/mol. The highest BCUT2D eigenvalue weighted by Crippen LogP contribution is 2.35. The molecule has 0 fully saturated rings. The molecule has 32 heavy (non-hydrogen) atoms. The quantitative estimate of drug-likeness (QED) is 0.451. The molecule has 3 aromatic rings. The number of hydrogen-bond acceptors (Lipinski definition) is 4. The highest BCUT2D eigenvalue weighted by molar-refractivity contribution is 7.89. The maximum atomic E-state index is 13.4. The first kappa shape index (κ1) is 23.7. The van der Waals surface area contributed by atoms with E-state index < -0.39 is 21.7 Å². The molecule has 0 unspecified atom stereocenters. The summed E-state index contributed by atoms with van der Waals surface area (Å²) < 4.78 is 42.5. The summed E-state index contributed by atoms with van der Waals surface area (Å²) in [7, 11) is -3.93. The molecule has 0 aromatic heterocycles. The van der Waals surface area contributed by atoms with Gasteiger partial charge in [0.2, 0.25) is 10.0 Å². The lowest BCUT2D eigenvalue weighted by Crippen LogP contribution is -2.17. The third kappa shape index (κ3) is 5.64. The van der Waals surface area contributed by atoms with Crippen LogP contribution in [0.1, 0.15) is 41.0 Å². The SMILES string of the molecule is CC(C)(C)c1ccc(C(=O)Nc2cccc(S(N)(=O)=O)c2)c(Oc2ccc(F)cc2Cl)c1.[HH].[HH].[HH]. The van der Waals surface area contributed by atoms with Gasteiger partial charge >= 0.3 is 0 Å². The van der Waals surface area contributed by atoms with E-state index in [0.717, 1.165) is 11.6 Å². The lowest BCUT2D eigenvalue weighted by atomic mass is 9.86. The number of carbonyl (C=O) groups is 1. The number of rotatable bonds is 5. The van der Waals surface area contributed by atoms with Gasteiger partial charge in [0.15, 0.2) is 0 Å². The van der Waals surface area contributed by atoms with Gasteiger partial charge in [0.05, 0.1) is 15.5 Å². The zero-order chi connectivity index (χ0) is 23.7. The summed E-state index contributed by atoms with van der Waals surface area (Å²) >= 11 is 6.10. The van der Waals surface area contributed by atoms with Crippen LogP contribution < -0.4 is 15.2 Å². The molecule has 0 saturated carbocycles. The Hall–Kier alpha value is -2.94. The zero-order valence-corrected chi connectivity index (χ0v) is 19.2. The fraction of sp³-hybridized carbons (Fsp3) is 0.174. The van der Waals surface area contributed by atoms with Gasteiger partial charge in [-0.1, -0.05) is 44.5 Å². The number of hydrogen-bond donors (Lipinski definition) is 2. The number of sulfonamides is 1. The van der Waals surface area contributed by atoms with Gasteiger partial charge in [0, 0.05) is 9.97 Å². The van der Waals surface area contributed by atoms with Gasteiger partial charge in [-0.15, -0.1) is 0 Å². The van der Waals surface area contributed by atoms with Crippen LogP contribution in [0.2, 0.25) is 5.02 Å². The summed E-state index contributed by atoms with van der Waals surface area (Å²) in [5.41, 5.74) is 1.09. The molecule has 0 radical (unpaired) electrons. The van der Waals surface area contributed by atoms with Crippen LogP contribution in [0, 0.1) is 5.82 Å². The van der Waals surface area contributed by atoms with Crippen molar-refractivity contribution >= 4 is 33.2 Å². The van der Waals surface area contributed by atoms with Gasteiger partial charge in [0.25, 0.3) is 5.91 Å². The van der Waals surface area contributed by atoms with Crippen LogP contribution in [0.15, 0.2) is 65.6 Å². The van der Waals surface area contributed by atoms with Gasteiger partial charge in [-0.05, 0) is 59.5 Å². The summed E-state index contributed by atoms with van der Waals surface area (Å²) in [6.45, 7) is 6.03. The van der Waals surface area contributed by atoms with E-state index in [4.69, 9.17) is 21.5 Å². The van der Waals surface area contributed by atoms with Gasteiger partial charge in [-0.25, -0.2) is 17.9 Å². The monoisotopic (exact) mass is 482 g/mol. The second kappa shape index (κ2) is 8.90. The van der Waals surface area contributed by atoms with Crippen molar-refractivity contribution in [2.45, 2.75) is 31.1 Å². The molecule has 3 rings (SSSR count). The van der Waals surface area contributed by atoms with Crippen LogP contribution >= 0.6 is 11.6 Å². The van der Waals surface area contributed by atoms with E-state index in [-0.39, 0.29) is 42.4 Å². The van der Waals surface area contributed by atoms with Gasteiger partial charge < -0.3 is 10.1 Å². The zero-order valence-electron chi connectivity index (χ0n) is 17.6. The second-order valence-electron chi connectivity index (χ2n) is 8.16. The molecule has 0 aliphatic rings. The van der Waals surface area contributed by atoms with E-state index in [2.05, 4.69) is 5.32 Å². The van der Waals surface area contributed by atoms with Crippen molar-refractivity contribution in [3.05, 3.63) is 82.6 Å². The molecule has 3 aromatic carbocycles. The summed E-state index contributed by atoms with van der Waals surface area (Å²) in [6.07, 6.45) is 0. The van der Waals surface area contributed by atoms with Crippen LogP contribution in [-0.4, -0.2) is 14.3 Å². The minimum atomic E-state index is -3.93. The minimum Gasteiger partial charge on any atom is -0.455 e. The van der Waals surface area contributed by atoms with Crippen molar-refractivity contribution in [1.29, 1.82) is 0 Å². The topological polar surface area (TPSA) is 98.5 Å². The minimum absolute atomic E-state index is 0. The van der Waals surface area contributed by atoms with Crippen molar-refractivity contribution in [2.75, 3.05) is 5.32 Å². The van der Waals surface area contributed by atoms with Gasteiger partial charge in [0.1, 0.15) is 17.3 Å². The first-order chi connectivity index (χ1) is 14.8. The van der Waals surface area contributed by atoms with E-state index >= 15 is 0 Å². The Labute approximate surface area is 195 Å². The van der Waals surface area contributed by atoms with Crippen LogP contribution in [0.3, 0.4) is 0 Å². The predicted molar refractivity (Wildman–Crippen MR) is 129 cm³/mol. The lowest BCUT2D eigenvalue weighted by molar-refractivity contribution is 0.102. The van der Waals surface area contributed by atoms with E-state index in [1.54, 1.807) is 18.2 Å². The number of nitrogens with two attached hydrogens (primary N) is 1. The molecule has 1 amide bonds. The summed E-state index contributed by atoms with van der Waals surface area (Å²) in [4.78, 5) is 12.9. The molecule has 6 nitrogen and oxygen atoms in total. The lowest BCUT2D eigenvalue weighted by Gasteiger charge is -2.21. The molecule has 3 N–H and O–H groups in total. The van der Waals surface area contributed by atoms with Crippen LogP contribution in [0.4, 0.5) is 10.1 Å². The number of primary sulfonamides is 1. The molecule has 0 spiro atoms. The summed E-state index contributed by atoms with van der Waals surface area (Å²) in [5.74, 6) is -0.654. The molecule has 9 heteroatoms. The average molecular weight is 483 g/mol. The maximum absolute atomic E-state index is 13.4. The highest BCUT2D eigenvalue weighted by Gasteiger charge is 2.21. The third-order valence-electron chi connectivity index (χ3n) is 4.63. The fourth-order valence-electron chi connectivity index (χ4n) is 2.89. The van der Waals surface area contributed by atoms with Gasteiger partial charge in [-0.3, -0.25) is 4.79 Å². The molecule has 0 aliphatic carbocycles. The highest BCUT2D eigenvalue weighted by atomic mass is 35.5. The molecule has 0 heterocycles. The van der Waals surface area contributed by atoms with Crippen molar-refractivity contribution in [3.63, 3.8) is 0 Å². The van der Waals surface area contributed by atoms with Crippen molar-refractivity contribution in [2.24, 2.45) is 5.14 Å². The Kier molecular flexibility index (Phi) is 6.59. The van der Waals surface area contributed by atoms with Crippen molar-refractivity contribution in [1.82, 2.24) is 0 Å². The number of carbonyl (C=O) groups excluding carboxylic acids is 1. The van der Waals surface area contributed by atoms with E-state index in [0.29, 0.717) is 0 Å². The van der Waals surface area contributed by atoms with Crippen LogP contribution in [0.25, 0.3) is 0 Å². The molecule has 0 aliphatic heterocycles. The van der Waals surface area contributed by atoms with E-state index in [1.165, 1.54) is 36.4 Å². The number of amides is 1. The number of anilines is 1. The van der Waals surface area contributed by atoms with Crippen molar-refractivity contribution < 1.29 is 26.6 Å². The number of benzene rings is 3. The third-order valence-corrected chi connectivity index (χ3v) is 5.83. The van der Waals surface area contributed by atoms with Crippen LogP contribution in [0.5, 0.6) is 11.5 Å². The summed E-state index contributed by atoms with van der Waals surface area (Å²) in [6, 6.07) is 14.4. The fourth-order valence-corrected chi connectivity index (χ4v) is 3.65. The number of ether oxygens (including phenoxy) is 1. The molecule has 0 saturated heterocycles. The molecule has 0 atom stereocenters. The predicted octanol–water partition coefficient (Wildman–Crippen LogP) is 6.21. The van der Waals surface area contributed by atoms with E-state index in [9.17, 15) is 17.6 Å². The second-order valence-corrected chi connectivity index (χ2v) is 10.1. The molecule has 174 valence electrons. The van der Waals surface area contributed by atoms with Crippen LogP contribution in [-0.2, 0) is 15.4 Å².